The Hall–Kier alpha value is -6.73. The molecular weight excluding hydrogens is 592 g/mol. The average molecular weight is 617 g/mol. The molecule has 0 bridgehead atoms. The SMILES string of the molecule is O=c1c2ccccc2c2c3c4ccccc4n(-c4nc(-c5ccccc5)nc(-c5ccccc5)n4)c3cc3nc(-c4ccccc4)n1c32. The van der Waals surface area contributed by atoms with Crippen LogP contribution in [-0.4, -0.2) is 28.9 Å². The summed E-state index contributed by atoms with van der Waals surface area (Å²) in [5, 5.41) is 4.55. The summed E-state index contributed by atoms with van der Waals surface area (Å²) in [6, 6.07) is 48.1. The number of hydrogen-bond acceptors (Lipinski definition) is 5. The molecular formula is C41H24N6O. The minimum Gasteiger partial charge on any atom is -0.278 e. The molecule has 10 aromatic rings. The zero-order chi connectivity index (χ0) is 31.8. The van der Waals surface area contributed by atoms with E-state index in [2.05, 4.69) is 22.8 Å². The Bertz CT molecular complexity index is 2840. The first-order valence-electron chi connectivity index (χ1n) is 15.8. The van der Waals surface area contributed by atoms with Crippen LogP contribution in [0.15, 0.2) is 150 Å². The lowest BCUT2D eigenvalue weighted by Gasteiger charge is -2.11. The van der Waals surface area contributed by atoms with Gasteiger partial charge in [0.1, 0.15) is 5.82 Å². The van der Waals surface area contributed by atoms with E-state index in [0.717, 1.165) is 60.3 Å². The van der Waals surface area contributed by atoms with Crippen molar-refractivity contribution in [2.45, 2.75) is 0 Å². The van der Waals surface area contributed by atoms with Crippen LogP contribution in [-0.2, 0) is 0 Å². The Labute approximate surface area is 273 Å². The number of pyridine rings is 1. The molecule has 0 unspecified atom stereocenters. The van der Waals surface area contributed by atoms with Crippen molar-refractivity contribution in [3.63, 3.8) is 0 Å². The molecule has 0 radical (unpaired) electrons. The van der Waals surface area contributed by atoms with E-state index >= 15 is 0 Å². The molecule has 0 atom stereocenters. The van der Waals surface area contributed by atoms with Gasteiger partial charge in [-0.1, -0.05) is 127 Å². The molecule has 7 heteroatoms. The topological polar surface area (TPSA) is 78.0 Å². The lowest BCUT2D eigenvalue weighted by Crippen LogP contribution is -2.14. The molecule has 6 aromatic carbocycles. The molecule has 4 aromatic heterocycles. The smallest absolute Gasteiger partial charge is 0.264 e. The van der Waals surface area contributed by atoms with E-state index in [1.54, 1.807) is 4.40 Å². The third kappa shape index (κ3) is 3.78. The molecule has 0 fully saturated rings. The van der Waals surface area contributed by atoms with Gasteiger partial charge in [0.05, 0.1) is 22.1 Å². The Balaban J connectivity index is 1.40. The molecule has 48 heavy (non-hydrogen) atoms. The fourth-order valence-electron chi connectivity index (χ4n) is 7.05. The van der Waals surface area contributed by atoms with Crippen molar-refractivity contribution in [3.05, 3.63) is 156 Å². The monoisotopic (exact) mass is 616 g/mol. The summed E-state index contributed by atoms with van der Waals surface area (Å²) >= 11 is 0. The summed E-state index contributed by atoms with van der Waals surface area (Å²) in [5.41, 5.74) is 5.97. The fourth-order valence-corrected chi connectivity index (χ4v) is 7.05. The van der Waals surface area contributed by atoms with Crippen molar-refractivity contribution in [3.8, 4) is 40.1 Å². The van der Waals surface area contributed by atoms with Gasteiger partial charge in [-0.3, -0.25) is 13.8 Å². The second-order valence-electron chi connectivity index (χ2n) is 11.9. The van der Waals surface area contributed by atoms with Crippen LogP contribution in [0.1, 0.15) is 0 Å². The summed E-state index contributed by atoms with van der Waals surface area (Å²) in [5.74, 6) is 2.29. The van der Waals surface area contributed by atoms with Gasteiger partial charge in [-0.05, 0) is 23.6 Å². The first kappa shape index (κ1) is 26.5. The largest absolute Gasteiger partial charge is 0.278 e. The molecule has 0 spiro atoms. The summed E-state index contributed by atoms with van der Waals surface area (Å²) < 4.78 is 3.90. The van der Waals surface area contributed by atoms with Crippen molar-refractivity contribution in [2.24, 2.45) is 0 Å². The zero-order valence-electron chi connectivity index (χ0n) is 25.4. The van der Waals surface area contributed by atoms with Crippen molar-refractivity contribution in [1.29, 1.82) is 0 Å². The lowest BCUT2D eigenvalue weighted by molar-refractivity contribution is 0.954. The number of nitrogens with zero attached hydrogens (tertiary/aromatic N) is 6. The highest BCUT2D eigenvalue weighted by atomic mass is 16.1. The molecule has 10 rings (SSSR count). The van der Waals surface area contributed by atoms with Gasteiger partial charge in [-0.15, -0.1) is 0 Å². The summed E-state index contributed by atoms with van der Waals surface area (Å²) in [7, 11) is 0. The van der Waals surface area contributed by atoms with Crippen LogP contribution in [0.25, 0.3) is 89.1 Å². The third-order valence-electron chi connectivity index (χ3n) is 9.13. The Kier molecular flexibility index (Phi) is 5.59. The Morgan fingerprint density at radius 2 is 1.00 bits per heavy atom. The molecule has 224 valence electrons. The predicted molar refractivity (Wildman–Crippen MR) is 192 cm³/mol. The second-order valence-corrected chi connectivity index (χ2v) is 11.9. The number of rotatable bonds is 4. The minimum atomic E-state index is -0.0833. The number of imidazole rings is 1. The number of para-hydroxylation sites is 1. The van der Waals surface area contributed by atoms with Crippen LogP contribution in [0.5, 0.6) is 0 Å². The summed E-state index contributed by atoms with van der Waals surface area (Å²) in [6.45, 7) is 0. The molecule has 0 aliphatic rings. The maximum Gasteiger partial charge on any atom is 0.264 e. The molecule has 0 saturated heterocycles. The van der Waals surface area contributed by atoms with Crippen LogP contribution in [0.3, 0.4) is 0 Å². The summed E-state index contributed by atoms with van der Waals surface area (Å²) in [4.78, 5) is 34.5. The van der Waals surface area contributed by atoms with Gasteiger partial charge in [0.25, 0.3) is 5.56 Å². The Morgan fingerprint density at radius 1 is 0.458 bits per heavy atom. The zero-order valence-corrected chi connectivity index (χ0v) is 25.4. The lowest BCUT2D eigenvalue weighted by atomic mass is 10.0. The fraction of sp³-hybridized carbons (Fsp3) is 0. The maximum absolute atomic E-state index is 14.2. The minimum absolute atomic E-state index is 0.0833. The van der Waals surface area contributed by atoms with Gasteiger partial charge in [0, 0.05) is 38.2 Å². The van der Waals surface area contributed by atoms with E-state index in [-0.39, 0.29) is 5.56 Å². The van der Waals surface area contributed by atoms with E-state index in [9.17, 15) is 4.79 Å². The van der Waals surface area contributed by atoms with Gasteiger partial charge in [0.15, 0.2) is 11.6 Å². The van der Waals surface area contributed by atoms with Gasteiger partial charge < -0.3 is 0 Å². The average Bonchev–Trinajstić information content (AvgIpc) is 3.71. The molecule has 0 aliphatic heterocycles. The number of hydrogen-bond donors (Lipinski definition) is 0. The van der Waals surface area contributed by atoms with E-state index < -0.39 is 0 Å². The molecule has 0 amide bonds. The van der Waals surface area contributed by atoms with Crippen LogP contribution in [0, 0.1) is 0 Å². The maximum atomic E-state index is 14.2. The summed E-state index contributed by atoms with van der Waals surface area (Å²) in [6.07, 6.45) is 0. The first-order chi connectivity index (χ1) is 23.7. The molecule has 0 aliphatic carbocycles. The standard InChI is InChI=1S/C41H24N6O/c48-40-29-21-11-10-20-28(29)35-34-30-22-12-13-23-32(30)46(33(34)24-31-36(35)47(40)39(42-31)27-18-8-3-9-19-27)41-44-37(25-14-4-1-5-15-25)43-38(45-41)26-16-6-2-7-17-26/h1-24H. The van der Waals surface area contributed by atoms with Crippen LogP contribution in [0.2, 0.25) is 0 Å². The highest BCUT2D eigenvalue weighted by molar-refractivity contribution is 6.30. The van der Waals surface area contributed by atoms with Gasteiger partial charge in [0.2, 0.25) is 5.95 Å². The molecule has 0 saturated carbocycles. The van der Waals surface area contributed by atoms with Gasteiger partial charge in [-0.2, -0.15) is 9.97 Å². The Morgan fingerprint density at radius 3 is 1.65 bits per heavy atom. The van der Waals surface area contributed by atoms with Crippen molar-refractivity contribution in [1.82, 2.24) is 28.9 Å². The normalized spacial score (nSPS) is 11.8. The van der Waals surface area contributed by atoms with Gasteiger partial charge in [-0.25, -0.2) is 9.97 Å². The molecule has 4 heterocycles. The number of aromatic nitrogens is 6. The van der Waals surface area contributed by atoms with E-state index in [0.29, 0.717) is 28.8 Å². The number of fused-ring (bicyclic) bond motifs is 6. The van der Waals surface area contributed by atoms with Crippen LogP contribution >= 0.6 is 0 Å². The van der Waals surface area contributed by atoms with Crippen LogP contribution < -0.4 is 5.56 Å². The molecule has 0 N–H and O–H groups in total. The van der Waals surface area contributed by atoms with Gasteiger partial charge >= 0.3 is 0 Å². The van der Waals surface area contributed by atoms with E-state index in [1.165, 1.54) is 0 Å². The van der Waals surface area contributed by atoms with E-state index in [4.69, 9.17) is 19.9 Å². The van der Waals surface area contributed by atoms with Crippen molar-refractivity contribution < 1.29 is 0 Å². The molecule has 7 nitrogen and oxygen atoms in total. The van der Waals surface area contributed by atoms with E-state index in [1.807, 2.05) is 127 Å². The van der Waals surface area contributed by atoms with Crippen molar-refractivity contribution in [2.75, 3.05) is 0 Å². The van der Waals surface area contributed by atoms with Crippen LogP contribution in [0.4, 0.5) is 0 Å². The quantitative estimate of drug-likeness (QED) is 0.185. The first-order valence-corrected chi connectivity index (χ1v) is 15.8. The predicted octanol–water partition coefficient (Wildman–Crippen LogP) is 8.72. The number of benzene rings is 6. The highest BCUT2D eigenvalue weighted by Crippen LogP contribution is 2.42. The van der Waals surface area contributed by atoms with Crippen molar-refractivity contribution >= 4 is 49.0 Å². The highest BCUT2D eigenvalue weighted by Gasteiger charge is 2.25. The third-order valence-corrected chi connectivity index (χ3v) is 9.13. The second kappa shape index (κ2) is 10.1.